The van der Waals surface area contributed by atoms with Crippen molar-refractivity contribution in [1.82, 2.24) is 33.9 Å². The maximum absolute atomic E-state index is 12.6. The van der Waals surface area contributed by atoms with E-state index in [0.29, 0.717) is 18.7 Å². The average molecular weight is 508 g/mol. The summed E-state index contributed by atoms with van der Waals surface area (Å²) >= 11 is 3.54. The normalized spacial score (nSPS) is 10.9. The van der Waals surface area contributed by atoms with Gasteiger partial charge in [0.15, 0.2) is 0 Å². The number of aryl methyl sites for hydroxylation is 2. The molecule has 0 aromatic carbocycles. The predicted molar refractivity (Wildman–Crippen MR) is 131 cm³/mol. The summed E-state index contributed by atoms with van der Waals surface area (Å²) in [6.45, 7) is 8.90. The van der Waals surface area contributed by atoms with Crippen LogP contribution in [0.2, 0.25) is 0 Å². The van der Waals surface area contributed by atoms with Crippen molar-refractivity contribution in [1.29, 1.82) is 0 Å². The zero-order chi connectivity index (χ0) is 23.5. The molecule has 5 heterocycles. The number of rotatable bonds is 5. The molecule has 5 rings (SSSR count). The fraction of sp³-hybridized carbons (Fsp3) is 0.250. The molecular weight excluding hydrogens is 482 g/mol. The van der Waals surface area contributed by atoms with Crippen LogP contribution in [0.5, 0.6) is 0 Å². The Morgan fingerprint density at radius 2 is 1.94 bits per heavy atom. The molecule has 170 valence electrons. The Kier molecular flexibility index (Phi) is 6.60. The van der Waals surface area contributed by atoms with E-state index in [1.807, 2.05) is 67.2 Å². The van der Waals surface area contributed by atoms with E-state index < -0.39 is 0 Å². The standard InChI is InChI=1S/C22H20BrN7O.C2H6/c1-14-3-4-28-13-25-19(20(28)5-14)8-24-22(31)16-7-26-30(9-16)11-17-10-29-12-18(23)15(2)6-21(29)27-17;1-2/h3-7,9-10,12-13H,8,11H2,1-2H3,(H,24,31);1-2H3. The Morgan fingerprint density at radius 3 is 2.76 bits per heavy atom. The monoisotopic (exact) mass is 507 g/mol. The molecule has 0 aliphatic rings. The SMILES string of the molecule is CC.Cc1ccn2cnc(CNC(=O)c3cnn(Cc4cn5cc(Br)c(C)cc5n4)c3)c2c1. The van der Waals surface area contributed by atoms with E-state index in [0.717, 1.165) is 38.2 Å². The third-order valence-corrected chi connectivity index (χ3v) is 6.03. The van der Waals surface area contributed by atoms with Crippen molar-refractivity contribution in [2.45, 2.75) is 40.8 Å². The van der Waals surface area contributed by atoms with Crippen molar-refractivity contribution >= 4 is 33.0 Å². The van der Waals surface area contributed by atoms with E-state index in [4.69, 9.17) is 0 Å². The van der Waals surface area contributed by atoms with Crippen LogP contribution >= 0.6 is 15.9 Å². The Bertz CT molecular complexity index is 1390. The number of nitrogens with zero attached hydrogens (tertiary/aromatic N) is 6. The summed E-state index contributed by atoms with van der Waals surface area (Å²) in [5.41, 5.74) is 6.35. The number of pyridine rings is 2. The number of amides is 1. The van der Waals surface area contributed by atoms with Gasteiger partial charge in [-0.15, -0.1) is 0 Å². The molecule has 0 radical (unpaired) electrons. The van der Waals surface area contributed by atoms with Crippen LogP contribution in [0, 0.1) is 13.8 Å². The minimum Gasteiger partial charge on any atom is -0.346 e. The minimum absolute atomic E-state index is 0.186. The summed E-state index contributed by atoms with van der Waals surface area (Å²) in [6, 6.07) is 6.10. The van der Waals surface area contributed by atoms with Gasteiger partial charge in [-0.3, -0.25) is 9.48 Å². The van der Waals surface area contributed by atoms with Crippen molar-refractivity contribution < 1.29 is 4.79 Å². The molecule has 5 aromatic heterocycles. The Morgan fingerprint density at radius 1 is 1.12 bits per heavy atom. The van der Waals surface area contributed by atoms with Crippen LogP contribution in [0.1, 0.15) is 46.7 Å². The highest BCUT2D eigenvalue weighted by Crippen LogP contribution is 2.18. The maximum atomic E-state index is 12.6. The van der Waals surface area contributed by atoms with Gasteiger partial charge in [0.1, 0.15) is 5.65 Å². The molecule has 1 amide bonds. The topological polar surface area (TPSA) is 81.5 Å². The third kappa shape index (κ3) is 4.83. The fourth-order valence-corrected chi connectivity index (χ4v) is 3.85. The molecule has 0 spiro atoms. The van der Waals surface area contributed by atoms with Crippen molar-refractivity contribution in [3.05, 3.63) is 88.1 Å². The lowest BCUT2D eigenvalue weighted by molar-refractivity contribution is 0.0950. The average Bonchev–Trinajstić information content (AvgIpc) is 3.52. The van der Waals surface area contributed by atoms with Gasteiger partial charge in [-0.1, -0.05) is 13.8 Å². The summed E-state index contributed by atoms with van der Waals surface area (Å²) in [4.78, 5) is 21.7. The summed E-state index contributed by atoms with van der Waals surface area (Å²) in [5, 5.41) is 7.25. The van der Waals surface area contributed by atoms with Gasteiger partial charge in [-0.05, 0) is 59.1 Å². The van der Waals surface area contributed by atoms with Gasteiger partial charge < -0.3 is 14.1 Å². The molecule has 33 heavy (non-hydrogen) atoms. The minimum atomic E-state index is -0.186. The van der Waals surface area contributed by atoms with Gasteiger partial charge in [0.2, 0.25) is 0 Å². The highest BCUT2D eigenvalue weighted by Gasteiger charge is 2.12. The van der Waals surface area contributed by atoms with Crippen molar-refractivity contribution in [3.63, 3.8) is 0 Å². The predicted octanol–water partition coefficient (Wildman–Crippen LogP) is 4.56. The number of imidazole rings is 2. The van der Waals surface area contributed by atoms with E-state index in [1.54, 1.807) is 23.4 Å². The molecule has 8 nitrogen and oxygen atoms in total. The van der Waals surface area contributed by atoms with Gasteiger partial charge in [0.05, 0.1) is 48.1 Å². The van der Waals surface area contributed by atoms with Gasteiger partial charge in [0.25, 0.3) is 5.91 Å². The largest absolute Gasteiger partial charge is 0.346 e. The summed E-state index contributed by atoms with van der Waals surface area (Å²) in [6.07, 6.45) is 11.0. The van der Waals surface area contributed by atoms with Gasteiger partial charge in [0, 0.05) is 29.3 Å². The molecule has 0 saturated carbocycles. The molecular formula is C24H26BrN7O. The second-order valence-electron chi connectivity index (χ2n) is 7.60. The first-order chi connectivity index (χ1) is 16.0. The van der Waals surface area contributed by atoms with Crippen LogP contribution in [0.15, 0.2) is 60.0 Å². The lowest BCUT2D eigenvalue weighted by Crippen LogP contribution is -2.22. The van der Waals surface area contributed by atoms with Crippen LogP contribution in [0.25, 0.3) is 11.2 Å². The molecule has 0 aliphatic heterocycles. The van der Waals surface area contributed by atoms with Crippen LogP contribution < -0.4 is 5.32 Å². The first kappa shape index (κ1) is 22.7. The van der Waals surface area contributed by atoms with Gasteiger partial charge in [-0.2, -0.15) is 5.10 Å². The molecule has 5 aromatic rings. The summed E-state index contributed by atoms with van der Waals surface area (Å²) in [5.74, 6) is -0.186. The van der Waals surface area contributed by atoms with E-state index in [-0.39, 0.29) is 5.91 Å². The van der Waals surface area contributed by atoms with Crippen molar-refractivity contribution in [2.75, 3.05) is 0 Å². The van der Waals surface area contributed by atoms with Crippen LogP contribution in [-0.2, 0) is 13.1 Å². The molecule has 0 fully saturated rings. The Hall–Kier alpha value is -3.46. The van der Waals surface area contributed by atoms with Gasteiger partial charge >= 0.3 is 0 Å². The van der Waals surface area contributed by atoms with E-state index in [2.05, 4.69) is 42.4 Å². The summed E-state index contributed by atoms with van der Waals surface area (Å²) in [7, 11) is 0. The Balaban J connectivity index is 0.00000126. The molecule has 0 saturated heterocycles. The van der Waals surface area contributed by atoms with E-state index in [9.17, 15) is 4.79 Å². The lowest BCUT2D eigenvalue weighted by Gasteiger charge is -2.03. The third-order valence-electron chi connectivity index (χ3n) is 5.20. The number of halogens is 1. The first-order valence-electron chi connectivity index (χ1n) is 10.8. The number of aromatic nitrogens is 6. The maximum Gasteiger partial charge on any atom is 0.254 e. The van der Waals surface area contributed by atoms with Crippen LogP contribution in [-0.4, -0.2) is 34.5 Å². The van der Waals surface area contributed by atoms with E-state index in [1.165, 1.54) is 0 Å². The fourth-order valence-electron chi connectivity index (χ4n) is 3.52. The number of carbonyl (C=O) groups is 1. The van der Waals surface area contributed by atoms with Crippen molar-refractivity contribution in [3.8, 4) is 0 Å². The van der Waals surface area contributed by atoms with E-state index >= 15 is 0 Å². The second kappa shape index (κ2) is 9.58. The highest BCUT2D eigenvalue weighted by molar-refractivity contribution is 9.10. The zero-order valence-corrected chi connectivity index (χ0v) is 20.7. The number of carbonyl (C=O) groups excluding carboxylic acids is 1. The van der Waals surface area contributed by atoms with Crippen LogP contribution in [0.4, 0.5) is 0 Å². The smallest absolute Gasteiger partial charge is 0.254 e. The molecule has 0 bridgehead atoms. The molecule has 1 N–H and O–H groups in total. The van der Waals surface area contributed by atoms with Crippen molar-refractivity contribution in [2.24, 2.45) is 0 Å². The molecule has 0 aliphatic carbocycles. The summed E-state index contributed by atoms with van der Waals surface area (Å²) < 4.78 is 6.66. The molecule has 9 heteroatoms. The molecule has 0 unspecified atom stereocenters. The number of hydrogen-bond donors (Lipinski definition) is 1. The highest BCUT2D eigenvalue weighted by atomic mass is 79.9. The number of fused-ring (bicyclic) bond motifs is 2. The quantitative estimate of drug-likeness (QED) is 0.378. The number of hydrogen-bond acceptors (Lipinski definition) is 4. The zero-order valence-electron chi connectivity index (χ0n) is 19.1. The molecule has 0 atom stereocenters. The number of nitrogens with one attached hydrogen (secondary N) is 1. The van der Waals surface area contributed by atoms with Gasteiger partial charge in [-0.25, -0.2) is 9.97 Å². The first-order valence-corrected chi connectivity index (χ1v) is 11.6. The Labute approximate surface area is 200 Å². The van der Waals surface area contributed by atoms with Crippen LogP contribution in [0.3, 0.4) is 0 Å². The second-order valence-corrected chi connectivity index (χ2v) is 8.45. The lowest BCUT2D eigenvalue weighted by atomic mass is 10.2.